The third kappa shape index (κ3) is 3.19. The normalized spacial score (nSPS) is 10.0. The molecule has 0 atom stereocenters. The Morgan fingerprint density at radius 3 is 2.56 bits per heavy atom. The van der Waals surface area contributed by atoms with Crippen LogP contribution in [-0.4, -0.2) is 0 Å². The minimum Gasteiger partial charge on any atom is -0.398 e. The fourth-order valence-corrected chi connectivity index (χ4v) is 2.49. The maximum Gasteiger partial charge on any atom is 0.101 e. The van der Waals surface area contributed by atoms with E-state index in [4.69, 9.17) is 22.6 Å². The van der Waals surface area contributed by atoms with Gasteiger partial charge in [-0.15, -0.1) is 11.8 Å². The summed E-state index contributed by atoms with van der Waals surface area (Å²) in [4.78, 5) is 1.04. The molecule has 4 heteroatoms. The van der Waals surface area contributed by atoms with Crippen LogP contribution >= 0.6 is 23.4 Å². The third-order valence-electron chi connectivity index (χ3n) is 2.46. The molecule has 0 unspecified atom stereocenters. The van der Waals surface area contributed by atoms with Crippen molar-refractivity contribution in [3.05, 3.63) is 58.6 Å². The van der Waals surface area contributed by atoms with Gasteiger partial charge >= 0.3 is 0 Å². The van der Waals surface area contributed by atoms with Crippen molar-refractivity contribution >= 4 is 29.1 Å². The predicted molar refractivity (Wildman–Crippen MR) is 76.6 cm³/mol. The van der Waals surface area contributed by atoms with E-state index in [-0.39, 0.29) is 0 Å². The van der Waals surface area contributed by atoms with Gasteiger partial charge in [0.1, 0.15) is 6.07 Å². The molecular formula is C14H11ClN2S. The molecule has 0 aliphatic rings. The van der Waals surface area contributed by atoms with E-state index in [1.54, 1.807) is 17.8 Å². The quantitative estimate of drug-likeness (QED) is 0.677. The first kappa shape index (κ1) is 12.8. The van der Waals surface area contributed by atoms with E-state index in [0.717, 1.165) is 15.7 Å². The van der Waals surface area contributed by atoms with Crippen LogP contribution in [0.3, 0.4) is 0 Å². The van der Waals surface area contributed by atoms with Crippen molar-refractivity contribution in [1.29, 1.82) is 5.26 Å². The van der Waals surface area contributed by atoms with Crippen molar-refractivity contribution in [1.82, 2.24) is 0 Å². The number of nitrogen functional groups attached to an aromatic ring is 1. The summed E-state index contributed by atoms with van der Waals surface area (Å²) >= 11 is 7.50. The molecule has 0 aliphatic carbocycles. The summed E-state index contributed by atoms with van der Waals surface area (Å²) in [5, 5.41) is 9.64. The van der Waals surface area contributed by atoms with Crippen LogP contribution in [0, 0.1) is 11.3 Å². The maximum atomic E-state index is 8.90. The fourth-order valence-electron chi connectivity index (χ4n) is 1.47. The molecule has 0 bridgehead atoms. The average Bonchev–Trinajstić information content (AvgIpc) is 2.39. The summed E-state index contributed by atoms with van der Waals surface area (Å²) in [6.45, 7) is 0. The molecule has 2 aromatic rings. The highest BCUT2D eigenvalue weighted by atomic mass is 35.5. The number of hydrogen-bond acceptors (Lipinski definition) is 3. The van der Waals surface area contributed by atoms with Crippen LogP contribution in [0.2, 0.25) is 5.02 Å². The lowest BCUT2D eigenvalue weighted by atomic mass is 10.2. The predicted octanol–water partition coefficient (Wildman–Crippen LogP) is 4.09. The van der Waals surface area contributed by atoms with Crippen LogP contribution in [0.5, 0.6) is 0 Å². The Hall–Kier alpha value is -1.63. The second-order valence-corrected chi connectivity index (χ2v) is 5.26. The molecule has 2 N–H and O–H groups in total. The number of halogens is 1. The Morgan fingerprint density at radius 2 is 1.89 bits per heavy atom. The molecular weight excluding hydrogens is 264 g/mol. The highest BCUT2D eigenvalue weighted by molar-refractivity contribution is 7.98. The Bertz CT molecular complexity index is 588. The molecule has 2 aromatic carbocycles. The summed E-state index contributed by atoms with van der Waals surface area (Å²) in [6, 6.07) is 15.3. The molecule has 2 nitrogen and oxygen atoms in total. The number of benzene rings is 2. The molecule has 2 rings (SSSR count). The molecule has 0 fully saturated rings. The number of anilines is 1. The van der Waals surface area contributed by atoms with Crippen molar-refractivity contribution in [2.75, 3.05) is 5.73 Å². The third-order valence-corrected chi connectivity index (χ3v) is 3.78. The van der Waals surface area contributed by atoms with Crippen LogP contribution in [0.1, 0.15) is 11.1 Å². The molecule has 0 heterocycles. The van der Waals surface area contributed by atoms with Gasteiger partial charge in [-0.3, -0.25) is 0 Å². The van der Waals surface area contributed by atoms with E-state index in [2.05, 4.69) is 6.07 Å². The van der Waals surface area contributed by atoms with Crippen molar-refractivity contribution in [3.63, 3.8) is 0 Å². The Labute approximate surface area is 115 Å². The van der Waals surface area contributed by atoms with Crippen LogP contribution in [0.25, 0.3) is 0 Å². The van der Waals surface area contributed by atoms with E-state index in [1.165, 1.54) is 5.56 Å². The van der Waals surface area contributed by atoms with Gasteiger partial charge < -0.3 is 5.73 Å². The highest BCUT2D eigenvalue weighted by Gasteiger charge is 2.01. The van der Waals surface area contributed by atoms with Crippen LogP contribution in [0.4, 0.5) is 5.69 Å². The Morgan fingerprint density at radius 1 is 1.17 bits per heavy atom. The first-order valence-electron chi connectivity index (χ1n) is 5.36. The average molecular weight is 275 g/mol. The van der Waals surface area contributed by atoms with Gasteiger partial charge in [0.25, 0.3) is 0 Å². The van der Waals surface area contributed by atoms with Crippen molar-refractivity contribution in [2.24, 2.45) is 0 Å². The number of hydrogen-bond donors (Lipinski definition) is 1. The molecule has 18 heavy (non-hydrogen) atoms. The number of nitriles is 1. The zero-order chi connectivity index (χ0) is 13.0. The second-order valence-electron chi connectivity index (χ2n) is 3.78. The monoisotopic (exact) mass is 274 g/mol. The lowest BCUT2D eigenvalue weighted by molar-refractivity contribution is 1.37. The van der Waals surface area contributed by atoms with Gasteiger partial charge in [-0.05, 0) is 35.9 Å². The molecule has 0 radical (unpaired) electrons. The molecule has 0 aliphatic heterocycles. The van der Waals surface area contributed by atoms with Crippen molar-refractivity contribution in [3.8, 4) is 6.07 Å². The summed E-state index contributed by atoms with van der Waals surface area (Å²) < 4.78 is 0. The van der Waals surface area contributed by atoms with Crippen molar-refractivity contribution in [2.45, 2.75) is 10.6 Å². The van der Waals surface area contributed by atoms with Gasteiger partial charge in [-0.2, -0.15) is 5.26 Å². The Balaban J connectivity index is 2.06. The second kappa shape index (κ2) is 5.81. The van der Waals surface area contributed by atoms with Gasteiger partial charge in [0.2, 0.25) is 0 Å². The number of rotatable bonds is 3. The van der Waals surface area contributed by atoms with Gasteiger partial charge in [0, 0.05) is 21.4 Å². The summed E-state index contributed by atoms with van der Waals surface area (Å²) in [7, 11) is 0. The number of nitrogens with zero attached hydrogens (tertiary/aromatic N) is 1. The van der Waals surface area contributed by atoms with Gasteiger partial charge in [0.05, 0.1) is 5.56 Å². The molecule has 90 valence electrons. The number of nitrogens with two attached hydrogens (primary N) is 1. The first-order valence-corrected chi connectivity index (χ1v) is 6.72. The topological polar surface area (TPSA) is 49.8 Å². The number of thioether (sulfide) groups is 1. The Kier molecular flexibility index (Phi) is 4.14. The lowest BCUT2D eigenvalue weighted by Crippen LogP contribution is -1.90. The molecule has 0 spiro atoms. The van der Waals surface area contributed by atoms with Crippen LogP contribution in [-0.2, 0) is 5.75 Å². The first-order chi connectivity index (χ1) is 8.69. The molecule has 0 aromatic heterocycles. The highest BCUT2D eigenvalue weighted by Crippen LogP contribution is 2.26. The standard InChI is InChI=1S/C14H11ClN2S/c15-12-3-1-10(2-4-12)9-18-13-5-6-14(17)11(7-13)8-16/h1-7H,9,17H2. The largest absolute Gasteiger partial charge is 0.398 e. The van der Waals surface area contributed by atoms with Gasteiger partial charge in [-0.1, -0.05) is 23.7 Å². The van der Waals surface area contributed by atoms with E-state index in [9.17, 15) is 0 Å². The van der Waals surface area contributed by atoms with Gasteiger partial charge in [-0.25, -0.2) is 0 Å². The van der Waals surface area contributed by atoms with E-state index in [0.29, 0.717) is 11.3 Å². The molecule has 0 saturated carbocycles. The zero-order valence-corrected chi connectivity index (χ0v) is 11.1. The smallest absolute Gasteiger partial charge is 0.101 e. The van der Waals surface area contributed by atoms with Crippen molar-refractivity contribution < 1.29 is 0 Å². The molecule has 0 saturated heterocycles. The summed E-state index contributed by atoms with van der Waals surface area (Å²) in [5.41, 5.74) is 7.92. The summed E-state index contributed by atoms with van der Waals surface area (Å²) in [5.74, 6) is 0.839. The van der Waals surface area contributed by atoms with E-state index in [1.807, 2.05) is 36.4 Å². The minimum atomic E-state index is 0.522. The van der Waals surface area contributed by atoms with E-state index < -0.39 is 0 Å². The maximum absolute atomic E-state index is 8.90. The van der Waals surface area contributed by atoms with E-state index >= 15 is 0 Å². The van der Waals surface area contributed by atoms with Gasteiger partial charge in [0.15, 0.2) is 0 Å². The van der Waals surface area contributed by atoms with Crippen LogP contribution < -0.4 is 5.73 Å². The minimum absolute atomic E-state index is 0.522. The summed E-state index contributed by atoms with van der Waals surface area (Å²) in [6.07, 6.45) is 0. The fraction of sp³-hybridized carbons (Fsp3) is 0.0714. The van der Waals surface area contributed by atoms with Crippen LogP contribution in [0.15, 0.2) is 47.4 Å². The lowest BCUT2D eigenvalue weighted by Gasteiger charge is -2.04. The zero-order valence-electron chi connectivity index (χ0n) is 9.56. The molecule has 0 amide bonds. The SMILES string of the molecule is N#Cc1cc(SCc2ccc(Cl)cc2)ccc1N.